The van der Waals surface area contributed by atoms with Gasteiger partial charge in [-0.2, -0.15) is 0 Å². The van der Waals surface area contributed by atoms with Crippen molar-refractivity contribution in [2.24, 2.45) is 0 Å². The number of para-hydroxylation sites is 13. The Labute approximate surface area is 681 Å². The molecular formula is C110H66N6OS. The molecule has 4 aliphatic rings. The van der Waals surface area contributed by atoms with E-state index in [1.54, 1.807) is 0 Å². The number of rotatable bonds is 4. The first kappa shape index (κ1) is 64.3. The molecule has 24 aromatic rings. The minimum atomic E-state index is -0.660. The lowest BCUT2D eigenvalue weighted by molar-refractivity contribution is 0.438. The zero-order valence-electron chi connectivity index (χ0n) is 63.6. The summed E-state index contributed by atoms with van der Waals surface area (Å²) < 4.78 is 22.1. The Hall–Kier alpha value is -15.1. The first-order valence-electron chi connectivity index (χ1n) is 40.7. The standard InChI is InChI=1S/C55H33N3O.C55H33N3S/c1-2-15-34(16-3-1)56-46-24-9-6-19-38(46)41-33-35(29-32-49(41)56)57-47-25-10-4-18-37(47)40-30-31-45-54(53(40)57)59-51-28-13-8-22-43(51)55(45)42-21-7-12-27-50(42)58-48-26-11-5-17-36(48)39-20-14-23-44(55)52(39)58;1-2-15-34(16-3-1)56-46-24-9-5-18-37(46)40-31-35(29-30-49(40)56)57-47-25-10-6-19-38(47)41-32-45-53(33-51(41)57)59-52-28-13-8-22-43(52)55(45)42-21-7-12-27-50(42)58-48-26-11-4-17-36(48)39-20-14-23-44(55)54(39)58/h2*1-33H. The minimum absolute atomic E-state index is 0.534. The molecule has 0 fully saturated rings. The summed E-state index contributed by atoms with van der Waals surface area (Å²) in [5, 5.41) is 14.9. The van der Waals surface area contributed by atoms with Crippen LogP contribution in [0.2, 0.25) is 0 Å². The van der Waals surface area contributed by atoms with Gasteiger partial charge in [-0.05, 0) is 167 Å². The van der Waals surface area contributed by atoms with Gasteiger partial charge in [-0.3, -0.25) is 0 Å². The van der Waals surface area contributed by atoms with Crippen LogP contribution in [-0.4, -0.2) is 27.4 Å². The second kappa shape index (κ2) is 23.8. The zero-order valence-corrected chi connectivity index (χ0v) is 64.4. The van der Waals surface area contributed by atoms with E-state index in [4.69, 9.17) is 4.74 Å². The molecule has 2 unspecified atom stereocenters. The fourth-order valence-corrected chi connectivity index (χ4v) is 23.3. The molecule has 18 aromatic carbocycles. The normalized spacial score (nSPS) is 15.4. The summed E-state index contributed by atoms with van der Waals surface area (Å²) in [5.74, 6) is 1.77. The van der Waals surface area contributed by atoms with Crippen LogP contribution in [0.15, 0.2) is 410 Å². The number of fused-ring (bicyclic) bond motifs is 35. The maximum Gasteiger partial charge on any atom is 0.156 e. The highest BCUT2D eigenvalue weighted by molar-refractivity contribution is 7.99. The molecule has 0 bridgehead atoms. The monoisotopic (exact) mass is 1520 g/mol. The smallest absolute Gasteiger partial charge is 0.156 e. The third-order valence-electron chi connectivity index (χ3n) is 26.5. The van der Waals surface area contributed by atoms with Crippen LogP contribution in [0.1, 0.15) is 44.5 Å². The van der Waals surface area contributed by atoms with E-state index < -0.39 is 10.8 Å². The molecule has 0 radical (unpaired) electrons. The summed E-state index contributed by atoms with van der Waals surface area (Å²) >= 11 is 1.91. The van der Waals surface area contributed by atoms with Crippen LogP contribution < -0.4 is 4.74 Å². The van der Waals surface area contributed by atoms with E-state index in [0.29, 0.717) is 0 Å². The van der Waals surface area contributed by atoms with E-state index >= 15 is 0 Å². The van der Waals surface area contributed by atoms with E-state index in [1.807, 2.05) is 11.8 Å². The Morgan fingerprint density at radius 1 is 0.186 bits per heavy atom. The Balaban J connectivity index is 0.000000126. The molecule has 0 amide bonds. The molecule has 6 aromatic heterocycles. The predicted molar refractivity (Wildman–Crippen MR) is 487 cm³/mol. The lowest BCUT2D eigenvalue weighted by Crippen LogP contribution is -2.37. The number of nitrogens with zero attached hydrogens (tertiary/aromatic N) is 6. The molecule has 28 rings (SSSR count). The van der Waals surface area contributed by atoms with E-state index in [-0.39, 0.29) is 0 Å². The topological polar surface area (TPSA) is 38.8 Å². The maximum atomic E-state index is 7.36. The van der Waals surface area contributed by atoms with Crippen molar-refractivity contribution in [1.82, 2.24) is 27.4 Å². The van der Waals surface area contributed by atoms with Crippen LogP contribution in [0.5, 0.6) is 11.5 Å². The Morgan fingerprint density at radius 3 is 1.08 bits per heavy atom. The van der Waals surface area contributed by atoms with Crippen molar-refractivity contribution in [3.63, 3.8) is 0 Å². The van der Waals surface area contributed by atoms with Crippen molar-refractivity contribution in [3.8, 4) is 45.6 Å². The van der Waals surface area contributed by atoms with Gasteiger partial charge in [0.1, 0.15) is 5.75 Å². The highest BCUT2D eigenvalue weighted by Gasteiger charge is 2.53. The van der Waals surface area contributed by atoms with E-state index in [0.717, 1.165) is 56.1 Å². The quantitative estimate of drug-likeness (QED) is 0.176. The molecule has 548 valence electrons. The highest BCUT2D eigenvalue weighted by Crippen LogP contribution is 2.64. The van der Waals surface area contributed by atoms with Gasteiger partial charge in [0.2, 0.25) is 0 Å². The van der Waals surface area contributed by atoms with Crippen LogP contribution in [0.4, 0.5) is 0 Å². The molecule has 0 saturated heterocycles. The Bertz CT molecular complexity index is 8540. The summed E-state index contributed by atoms with van der Waals surface area (Å²) in [5.41, 5.74) is 30.4. The second-order valence-electron chi connectivity index (χ2n) is 32.0. The zero-order chi connectivity index (χ0) is 76.8. The average Bonchev–Trinajstić information content (AvgIpc) is 1.27. The van der Waals surface area contributed by atoms with Gasteiger partial charge < -0.3 is 32.1 Å². The van der Waals surface area contributed by atoms with Gasteiger partial charge in [-0.25, -0.2) is 0 Å². The fraction of sp³-hybridized carbons (Fsp3) is 0.0182. The van der Waals surface area contributed by atoms with Gasteiger partial charge in [0, 0.05) is 108 Å². The molecular weight excluding hydrogens is 1450 g/mol. The maximum absolute atomic E-state index is 7.36. The fourth-order valence-electron chi connectivity index (χ4n) is 22.1. The first-order chi connectivity index (χ1) is 58.6. The van der Waals surface area contributed by atoms with Crippen molar-refractivity contribution in [2.75, 3.05) is 0 Å². The van der Waals surface area contributed by atoms with Crippen LogP contribution >= 0.6 is 11.8 Å². The SMILES string of the molecule is c1ccc(-n2c3ccccc3c3cc(-n4c5ccccc5c5cc6c(cc54)Sc4ccccc4C64c5ccccc5-n5c6ccccc6c6cccc4c65)ccc32)cc1.c1ccc(-n2c3ccccc3c3cc(-n4c5ccccc5c5ccc6c(c54)Oc4ccccc4C64c5ccccc5-n5c6ccccc6c6cccc4c65)ccc32)cc1. The lowest BCUT2D eigenvalue weighted by Gasteiger charge is -2.45. The highest BCUT2D eigenvalue weighted by atomic mass is 32.2. The van der Waals surface area contributed by atoms with Crippen LogP contribution in [-0.2, 0) is 10.8 Å². The number of ether oxygens (including phenoxy) is 1. The van der Waals surface area contributed by atoms with E-state index in [9.17, 15) is 0 Å². The molecule has 2 atom stereocenters. The summed E-state index contributed by atoms with van der Waals surface area (Å²) in [7, 11) is 0. The van der Waals surface area contributed by atoms with Crippen molar-refractivity contribution < 1.29 is 4.74 Å². The summed E-state index contributed by atoms with van der Waals surface area (Å²) in [6.45, 7) is 0. The van der Waals surface area contributed by atoms with Gasteiger partial charge in [0.15, 0.2) is 5.75 Å². The van der Waals surface area contributed by atoms with Crippen LogP contribution in [0, 0.1) is 0 Å². The second-order valence-corrected chi connectivity index (χ2v) is 33.1. The summed E-state index contributed by atoms with van der Waals surface area (Å²) in [6, 6.07) is 148. The van der Waals surface area contributed by atoms with Crippen molar-refractivity contribution in [1.29, 1.82) is 0 Å². The molecule has 118 heavy (non-hydrogen) atoms. The number of aromatic nitrogens is 6. The Morgan fingerprint density at radius 2 is 0.551 bits per heavy atom. The molecule has 8 heteroatoms. The number of hydrogen-bond acceptors (Lipinski definition) is 2. The molecule has 2 spiro atoms. The third-order valence-corrected chi connectivity index (χ3v) is 27.7. The number of benzene rings is 18. The van der Waals surface area contributed by atoms with Gasteiger partial charge in [0.05, 0.1) is 88.4 Å². The molecule has 0 aliphatic carbocycles. The lowest BCUT2D eigenvalue weighted by atomic mass is 9.61. The van der Waals surface area contributed by atoms with Gasteiger partial charge in [-0.15, -0.1) is 0 Å². The molecule has 4 aliphatic heterocycles. The van der Waals surface area contributed by atoms with Gasteiger partial charge in [0.25, 0.3) is 0 Å². The van der Waals surface area contributed by atoms with Crippen molar-refractivity contribution in [2.45, 2.75) is 20.6 Å². The van der Waals surface area contributed by atoms with Crippen LogP contribution in [0.25, 0.3) is 165 Å². The molecule has 0 N–H and O–H groups in total. The van der Waals surface area contributed by atoms with Crippen molar-refractivity contribution in [3.05, 3.63) is 445 Å². The Kier molecular flexibility index (Phi) is 13.0. The number of hydrogen-bond donors (Lipinski definition) is 0. The summed E-state index contributed by atoms with van der Waals surface area (Å²) in [4.78, 5) is 2.59. The third kappa shape index (κ3) is 8.23. The minimum Gasteiger partial charge on any atom is -0.454 e. The average molecular weight is 1520 g/mol. The van der Waals surface area contributed by atoms with E-state index in [1.165, 1.54) is 175 Å². The first-order valence-corrected chi connectivity index (χ1v) is 41.5. The molecule has 10 heterocycles. The van der Waals surface area contributed by atoms with Crippen molar-refractivity contribution >= 4 is 143 Å². The van der Waals surface area contributed by atoms with Gasteiger partial charge in [-0.1, -0.05) is 279 Å². The molecule has 0 saturated carbocycles. The molecule has 7 nitrogen and oxygen atoms in total. The van der Waals surface area contributed by atoms with E-state index in [2.05, 4.69) is 428 Å². The largest absolute Gasteiger partial charge is 0.454 e. The van der Waals surface area contributed by atoms with Gasteiger partial charge >= 0.3 is 0 Å². The summed E-state index contributed by atoms with van der Waals surface area (Å²) in [6.07, 6.45) is 0. The predicted octanol–water partition coefficient (Wildman–Crippen LogP) is 27.9. The van der Waals surface area contributed by atoms with Crippen LogP contribution in [0.3, 0.4) is 0 Å².